The number of allylic oxidation sites excluding steroid dienone is 1. The van der Waals surface area contributed by atoms with Crippen molar-refractivity contribution in [2.24, 2.45) is 34.5 Å². The van der Waals surface area contributed by atoms with Gasteiger partial charge in [0, 0.05) is 18.3 Å². The van der Waals surface area contributed by atoms with Crippen LogP contribution in [-0.2, 0) is 23.9 Å². The number of hydrogen-bond acceptors (Lipinski definition) is 6. The summed E-state index contributed by atoms with van der Waals surface area (Å²) in [7, 11) is 1.43. The third-order valence-corrected chi connectivity index (χ3v) is 9.94. The second-order valence-corrected chi connectivity index (χ2v) is 10.7. The Bertz CT molecular complexity index is 847. The summed E-state index contributed by atoms with van der Waals surface area (Å²) < 4.78 is 11.2. The summed E-state index contributed by atoms with van der Waals surface area (Å²) in [6.45, 7) is 4.29. The molecule has 6 nitrogen and oxygen atoms in total. The maximum atomic E-state index is 12.9. The van der Waals surface area contributed by atoms with Crippen LogP contribution in [0.1, 0.15) is 65.2 Å². The molecule has 0 aromatic heterocycles. The highest BCUT2D eigenvalue weighted by Gasteiger charge is 2.72. The highest BCUT2D eigenvalue weighted by molar-refractivity contribution is 5.92. The normalized spacial score (nSPS) is 49.7. The van der Waals surface area contributed by atoms with Crippen molar-refractivity contribution in [2.45, 2.75) is 76.9 Å². The number of hydrogen-bond donors (Lipinski definition) is 1. The van der Waals surface area contributed by atoms with Crippen LogP contribution < -0.4 is 0 Å². The highest BCUT2D eigenvalue weighted by Crippen LogP contribution is 2.70. The number of fused-ring (bicyclic) bond motifs is 6. The Labute approximate surface area is 177 Å². The maximum absolute atomic E-state index is 12.9. The summed E-state index contributed by atoms with van der Waals surface area (Å²) in [6.07, 6.45) is 6.17. The zero-order valence-electron chi connectivity index (χ0n) is 18.1. The number of methoxy groups -OCH3 is 1. The second kappa shape index (κ2) is 6.41. The Kier molecular flexibility index (Phi) is 4.32. The van der Waals surface area contributed by atoms with E-state index < -0.39 is 17.1 Å². The lowest BCUT2D eigenvalue weighted by atomic mass is 9.43. The lowest BCUT2D eigenvalue weighted by Gasteiger charge is -2.62. The molecule has 0 aromatic carbocycles. The van der Waals surface area contributed by atoms with E-state index in [9.17, 15) is 19.5 Å². The molecule has 1 saturated heterocycles. The van der Waals surface area contributed by atoms with Crippen LogP contribution in [0.15, 0.2) is 11.6 Å². The largest absolute Gasteiger partial charge is 0.469 e. The summed E-state index contributed by atoms with van der Waals surface area (Å²) in [5.41, 5.74) is -0.326. The van der Waals surface area contributed by atoms with Gasteiger partial charge in [0.25, 0.3) is 0 Å². The molecule has 1 heterocycles. The van der Waals surface area contributed by atoms with E-state index in [1.54, 1.807) is 6.08 Å². The molecule has 30 heavy (non-hydrogen) atoms. The van der Waals surface area contributed by atoms with Gasteiger partial charge < -0.3 is 14.6 Å². The summed E-state index contributed by atoms with van der Waals surface area (Å²) in [6, 6.07) is 0. The maximum Gasteiger partial charge on any atom is 0.309 e. The molecule has 3 saturated carbocycles. The molecular formula is C24H32O6. The van der Waals surface area contributed by atoms with Gasteiger partial charge in [-0.25, -0.2) is 0 Å². The molecule has 0 aromatic rings. The van der Waals surface area contributed by atoms with E-state index in [1.165, 1.54) is 7.11 Å². The van der Waals surface area contributed by atoms with Gasteiger partial charge in [0.1, 0.15) is 5.60 Å². The SMILES string of the molecule is COC(=O)C1CC2=CC(=O)CC[C@]2(C)[C@H]2C[C@@H](O)[C@@]3(C)[C@@H](CC[C@@]34CCC(=O)O4)[C@H]12. The zero-order valence-corrected chi connectivity index (χ0v) is 18.1. The van der Waals surface area contributed by atoms with Gasteiger partial charge in [-0.2, -0.15) is 0 Å². The summed E-state index contributed by atoms with van der Waals surface area (Å²) in [5, 5.41) is 11.5. The van der Waals surface area contributed by atoms with Crippen LogP contribution in [0.4, 0.5) is 0 Å². The number of ether oxygens (including phenoxy) is 2. The minimum absolute atomic E-state index is 0.0554. The summed E-state index contributed by atoms with van der Waals surface area (Å²) in [5.74, 6) is -0.360. The van der Waals surface area contributed by atoms with Crippen molar-refractivity contribution in [1.82, 2.24) is 0 Å². The standard InChI is InChI=1S/C24H32O6/c1-22-7-4-14(25)10-13(22)11-15(21(28)29-3)20-16-5-8-24(9-6-19(27)30-24)23(16,2)18(26)12-17(20)22/h10,15-18,20,26H,4-9,11-12H2,1-3H3/t15?,16-,17-,18+,20-,22-,23+,24+/m0/s1. The van der Waals surface area contributed by atoms with Crippen LogP contribution in [-0.4, -0.2) is 41.6 Å². The Morgan fingerprint density at radius 1 is 1.17 bits per heavy atom. The van der Waals surface area contributed by atoms with Crippen molar-refractivity contribution >= 4 is 17.7 Å². The first kappa shape index (κ1) is 20.2. The molecule has 1 spiro atoms. The van der Waals surface area contributed by atoms with Crippen LogP contribution in [0.5, 0.6) is 0 Å². The van der Waals surface area contributed by atoms with E-state index in [0.717, 1.165) is 24.8 Å². The van der Waals surface area contributed by atoms with Gasteiger partial charge in [0.15, 0.2) is 5.78 Å². The lowest BCUT2D eigenvalue weighted by molar-refractivity contribution is -0.207. The topological polar surface area (TPSA) is 89.9 Å². The Morgan fingerprint density at radius 3 is 2.60 bits per heavy atom. The van der Waals surface area contributed by atoms with Crippen molar-refractivity contribution in [3.63, 3.8) is 0 Å². The molecule has 0 amide bonds. The van der Waals surface area contributed by atoms with Gasteiger partial charge in [-0.15, -0.1) is 0 Å². The number of aliphatic hydroxyl groups excluding tert-OH is 1. The fraction of sp³-hybridized carbons (Fsp3) is 0.792. The van der Waals surface area contributed by atoms with E-state index in [1.807, 2.05) is 0 Å². The predicted octanol–water partition coefficient (Wildman–Crippen LogP) is 2.96. The second-order valence-electron chi connectivity index (χ2n) is 10.7. The number of rotatable bonds is 1. The van der Waals surface area contributed by atoms with Crippen LogP contribution in [0.3, 0.4) is 0 Å². The first-order chi connectivity index (χ1) is 14.2. The molecule has 164 valence electrons. The van der Waals surface area contributed by atoms with Crippen molar-refractivity contribution in [3.05, 3.63) is 11.6 Å². The van der Waals surface area contributed by atoms with Crippen LogP contribution in [0.25, 0.3) is 0 Å². The lowest BCUT2D eigenvalue weighted by Crippen LogP contribution is -2.63. The van der Waals surface area contributed by atoms with Gasteiger partial charge >= 0.3 is 11.9 Å². The number of carbonyl (C=O) groups is 3. The zero-order chi connectivity index (χ0) is 21.5. The van der Waals surface area contributed by atoms with Gasteiger partial charge in [-0.3, -0.25) is 14.4 Å². The first-order valence-electron chi connectivity index (χ1n) is 11.4. The molecule has 4 aliphatic carbocycles. The van der Waals surface area contributed by atoms with Gasteiger partial charge in [0.2, 0.25) is 0 Å². The van der Waals surface area contributed by atoms with E-state index in [0.29, 0.717) is 32.1 Å². The van der Waals surface area contributed by atoms with Gasteiger partial charge in [-0.1, -0.05) is 19.4 Å². The number of aliphatic hydroxyl groups is 1. The molecule has 1 unspecified atom stereocenters. The fourth-order valence-corrected chi connectivity index (χ4v) is 8.24. The van der Waals surface area contributed by atoms with E-state index >= 15 is 0 Å². The summed E-state index contributed by atoms with van der Waals surface area (Å²) >= 11 is 0. The molecule has 0 bridgehead atoms. The molecule has 1 aliphatic heterocycles. The third-order valence-electron chi connectivity index (χ3n) is 9.94. The van der Waals surface area contributed by atoms with Crippen LogP contribution >= 0.6 is 0 Å². The van der Waals surface area contributed by atoms with Crippen molar-refractivity contribution in [2.75, 3.05) is 7.11 Å². The van der Waals surface area contributed by atoms with Gasteiger partial charge in [-0.05, 0) is 67.8 Å². The third kappa shape index (κ3) is 2.37. The van der Waals surface area contributed by atoms with Crippen molar-refractivity contribution in [3.8, 4) is 0 Å². The average Bonchev–Trinajstić information content (AvgIpc) is 3.24. The first-order valence-corrected chi connectivity index (χ1v) is 11.4. The number of carbonyl (C=O) groups excluding carboxylic acids is 3. The Hall–Kier alpha value is -1.69. The molecule has 0 radical (unpaired) electrons. The summed E-state index contributed by atoms with van der Waals surface area (Å²) in [4.78, 5) is 37.2. The molecule has 5 rings (SSSR count). The minimum Gasteiger partial charge on any atom is -0.469 e. The quantitative estimate of drug-likeness (QED) is 0.661. The monoisotopic (exact) mass is 416 g/mol. The molecule has 8 atom stereocenters. The minimum atomic E-state index is -0.626. The van der Waals surface area contributed by atoms with E-state index in [-0.39, 0.29) is 46.8 Å². The molecule has 1 N–H and O–H groups in total. The van der Waals surface area contributed by atoms with Crippen molar-refractivity contribution < 1.29 is 29.0 Å². The molecule has 4 fully saturated rings. The van der Waals surface area contributed by atoms with Crippen LogP contribution in [0.2, 0.25) is 0 Å². The molecule has 6 heteroatoms. The Balaban J connectivity index is 1.61. The Morgan fingerprint density at radius 2 is 1.93 bits per heavy atom. The van der Waals surface area contributed by atoms with E-state index in [4.69, 9.17) is 9.47 Å². The molecular weight excluding hydrogens is 384 g/mol. The average molecular weight is 417 g/mol. The molecule has 5 aliphatic rings. The van der Waals surface area contributed by atoms with E-state index in [2.05, 4.69) is 13.8 Å². The van der Waals surface area contributed by atoms with Crippen molar-refractivity contribution in [1.29, 1.82) is 0 Å². The van der Waals surface area contributed by atoms with Gasteiger partial charge in [0.05, 0.1) is 19.1 Å². The smallest absolute Gasteiger partial charge is 0.309 e. The highest BCUT2D eigenvalue weighted by atomic mass is 16.6. The predicted molar refractivity (Wildman–Crippen MR) is 107 cm³/mol. The number of ketones is 1. The fourth-order valence-electron chi connectivity index (χ4n) is 8.24. The number of esters is 2. The van der Waals surface area contributed by atoms with Crippen LogP contribution in [0, 0.1) is 34.5 Å².